The first kappa shape index (κ1) is 27.6. The number of benzene rings is 3. The molecule has 9 heteroatoms. The molecule has 3 rings (SSSR count). The van der Waals surface area contributed by atoms with Crippen molar-refractivity contribution in [2.75, 3.05) is 0 Å². The Morgan fingerprint density at radius 3 is 2.39 bits per heavy atom. The average Bonchev–Trinajstić information content (AvgIpc) is 2.83. The Kier molecular flexibility index (Phi) is 9.81. The summed E-state index contributed by atoms with van der Waals surface area (Å²) in [6.45, 7) is 6.16. The van der Waals surface area contributed by atoms with Crippen LogP contribution in [0.5, 0.6) is 5.75 Å². The number of amides is 1. The Morgan fingerprint density at radius 2 is 1.75 bits per heavy atom. The number of hydrazone groups is 1. The molecule has 1 atom stereocenters. The van der Waals surface area contributed by atoms with Crippen molar-refractivity contribution in [3.05, 3.63) is 94.0 Å². The highest BCUT2D eigenvalue weighted by Crippen LogP contribution is 2.26. The van der Waals surface area contributed by atoms with Crippen LogP contribution in [0, 0.1) is 12.8 Å². The third kappa shape index (κ3) is 8.29. The number of carbonyl (C=O) groups excluding carboxylic acids is 1. The van der Waals surface area contributed by atoms with Gasteiger partial charge in [0.25, 0.3) is 5.91 Å². The van der Waals surface area contributed by atoms with Gasteiger partial charge < -0.3 is 4.74 Å². The molecule has 0 aliphatic rings. The van der Waals surface area contributed by atoms with E-state index in [1.165, 1.54) is 18.3 Å². The normalized spacial score (nSPS) is 12.6. The minimum Gasteiger partial charge on any atom is -0.488 e. The van der Waals surface area contributed by atoms with E-state index in [4.69, 9.17) is 4.74 Å². The van der Waals surface area contributed by atoms with Crippen molar-refractivity contribution in [3.63, 3.8) is 0 Å². The van der Waals surface area contributed by atoms with Gasteiger partial charge in [0, 0.05) is 0 Å². The molecule has 0 radical (unpaired) electrons. The maximum Gasteiger partial charge on any atom is 0.258 e. The minimum atomic E-state index is -3.86. The first-order valence-electron chi connectivity index (χ1n) is 11.5. The van der Waals surface area contributed by atoms with Crippen LogP contribution >= 0.6 is 15.9 Å². The van der Waals surface area contributed by atoms with E-state index >= 15 is 0 Å². The molecule has 1 amide bonds. The fourth-order valence-corrected chi connectivity index (χ4v) is 5.07. The van der Waals surface area contributed by atoms with Crippen molar-refractivity contribution in [3.8, 4) is 5.75 Å². The van der Waals surface area contributed by atoms with Crippen LogP contribution in [0.1, 0.15) is 37.0 Å². The van der Waals surface area contributed by atoms with Gasteiger partial charge >= 0.3 is 0 Å². The summed E-state index contributed by atoms with van der Waals surface area (Å²) < 4.78 is 34.7. The Morgan fingerprint density at radius 1 is 1.06 bits per heavy atom. The first-order valence-corrected chi connectivity index (χ1v) is 13.8. The lowest BCUT2D eigenvalue weighted by Crippen LogP contribution is -2.46. The number of nitrogens with one attached hydrogen (secondary N) is 2. The number of rotatable bonds is 11. The van der Waals surface area contributed by atoms with Gasteiger partial charge in [-0.3, -0.25) is 4.79 Å². The zero-order valence-electron chi connectivity index (χ0n) is 20.4. The van der Waals surface area contributed by atoms with Crippen LogP contribution in [0.4, 0.5) is 0 Å². The molecule has 7 nitrogen and oxygen atoms in total. The lowest BCUT2D eigenvalue weighted by molar-refractivity contribution is -0.123. The molecule has 190 valence electrons. The van der Waals surface area contributed by atoms with Crippen molar-refractivity contribution >= 4 is 38.1 Å². The lowest BCUT2D eigenvalue weighted by atomic mass is 10.0. The highest BCUT2D eigenvalue weighted by Gasteiger charge is 2.26. The van der Waals surface area contributed by atoms with Crippen LogP contribution in [0.15, 0.2) is 87.3 Å². The summed E-state index contributed by atoms with van der Waals surface area (Å²) in [5, 5.41) is 4.03. The maximum atomic E-state index is 12.8. The SMILES string of the molecule is Cc1ccc(S(=O)(=O)N[C@H](CC(C)C)C(=O)N/N=C\c2ccc(OCc3ccccc3)c(Br)c2)cc1. The van der Waals surface area contributed by atoms with E-state index < -0.39 is 22.0 Å². The second kappa shape index (κ2) is 12.8. The molecule has 0 bridgehead atoms. The molecule has 0 saturated carbocycles. The third-order valence-electron chi connectivity index (χ3n) is 5.23. The van der Waals surface area contributed by atoms with E-state index in [0.29, 0.717) is 18.8 Å². The maximum absolute atomic E-state index is 12.8. The number of halogens is 1. The van der Waals surface area contributed by atoms with E-state index in [9.17, 15) is 13.2 Å². The van der Waals surface area contributed by atoms with Crippen LogP contribution in [0.3, 0.4) is 0 Å². The number of sulfonamides is 1. The number of hydrogen-bond donors (Lipinski definition) is 2. The summed E-state index contributed by atoms with van der Waals surface area (Å²) >= 11 is 3.50. The van der Waals surface area contributed by atoms with Crippen LogP contribution in [-0.4, -0.2) is 26.6 Å². The van der Waals surface area contributed by atoms with Gasteiger partial charge in [-0.25, -0.2) is 13.8 Å². The van der Waals surface area contributed by atoms with Crippen molar-refractivity contribution < 1.29 is 17.9 Å². The first-order chi connectivity index (χ1) is 17.1. The summed E-state index contributed by atoms with van der Waals surface area (Å²) in [4.78, 5) is 12.9. The van der Waals surface area contributed by atoms with Crippen LogP contribution in [0.2, 0.25) is 0 Å². The van der Waals surface area contributed by atoms with Gasteiger partial charge in [-0.2, -0.15) is 9.82 Å². The zero-order valence-corrected chi connectivity index (χ0v) is 22.8. The fraction of sp³-hybridized carbons (Fsp3) is 0.259. The number of hydrogen-bond acceptors (Lipinski definition) is 5. The molecule has 0 aliphatic carbocycles. The van der Waals surface area contributed by atoms with Crippen molar-refractivity contribution in [2.24, 2.45) is 11.0 Å². The van der Waals surface area contributed by atoms with Gasteiger partial charge in [0.1, 0.15) is 18.4 Å². The van der Waals surface area contributed by atoms with Gasteiger partial charge in [-0.05, 0) is 76.7 Å². The number of aryl methyl sites for hydroxylation is 1. The van der Waals surface area contributed by atoms with Crippen LogP contribution < -0.4 is 14.9 Å². The second-order valence-electron chi connectivity index (χ2n) is 8.81. The Balaban J connectivity index is 1.62. The van der Waals surface area contributed by atoms with Gasteiger partial charge in [-0.15, -0.1) is 0 Å². The summed E-state index contributed by atoms with van der Waals surface area (Å²) in [5.41, 5.74) is 5.20. The monoisotopic (exact) mass is 571 g/mol. The molecule has 3 aromatic rings. The van der Waals surface area contributed by atoms with Crippen molar-refractivity contribution in [1.82, 2.24) is 10.1 Å². The Labute approximate surface area is 221 Å². The molecule has 0 fully saturated rings. The van der Waals surface area contributed by atoms with E-state index in [-0.39, 0.29) is 10.8 Å². The average molecular weight is 573 g/mol. The molecule has 0 heterocycles. The topological polar surface area (TPSA) is 96.9 Å². The quantitative estimate of drug-likeness (QED) is 0.245. The molecule has 0 aliphatic heterocycles. The minimum absolute atomic E-state index is 0.0878. The molecule has 0 unspecified atom stereocenters. The van der Waals surface area contributed by atoms with E-state index in [1.54, 1.807) is 12.1 Å². The molecular formula is C27H30BrN3O4S. The standard InChI is InChI=1S/C27H30BrN3O4S/c1-19(2)15-25(31-36(33,34)23-12-9-20(3)10-13-23)27(32)30-29-17-22-11-14-26(24(28)16-22)35-18-21-7-5-4-6-8-21/h4-14,16-17,19,25,31H,15,18H2,1-3H3,(H,30,32)/b29-17-/t25-/m1/s1. The predicted molar refractivity (Wildman–Crippen MR) is 145 cm³/mol. The van der Waals surface area contributed by atoms with E-state index in [1.807, 2.05) is 69.3 Å². The fourth-order valence-electron chi connectivity index (χ4n) is 3.35. The molecule has 3 aromatic carbocycles. The predicted octanol–water partition coefficient (Wildman–Crippen LogP) is 5.18. The van der Waals surface area contributed by atoms with Gasteiger partial charge in [0.15, 0.2) is 0 Å². The largest absolute Gasteiger partial charge is 0.488 e. The van der Waals surface area contributed by atoms with Crippen LogP contribution in [0.25, 0.3) is 0 Å². The molecule has 0 aromatic heterocycles. The zero-order chi connectivity index (χ0) is 26.1. The summed E-state index contributed by atoms with van der Waals surface area (Å²) in [6, 6.07) is 20.8. The lowest BCUT2D eigenvalue weighted by Gasteiger charge is -2.19. The molecule has 36 heavy (non-hydrogen) atoms. The Bertz CT molecular complexity index is 1290. The molecule has 0 saturated heterocycles. The Hall–Kier alpha value is -3.01. The van der Waals surface area contributed by atoms with Crippen molar-refractivity contribution in [2.45, 2.75) is 44.7 Å². The highest BCUT2D eigenvalue weighted by molar-refractivity contribution is 9.10. The smallest absolute Gasteiger partial charge is 0.258 e. The van der Waals surface area contributed by atoms with Gasteiger partial charge in [0.2, 0.25) is 10.0 Å². The molecule has 2 N–H and O–H groups in total. The summed E-state index contributed by atoms with van der Waals surface area (Å²) in [6.07, 6.45) is 1.82. The second-order valence-corrected chi connectivity index (χ2v) is 11.4. The van der Waals surface area contributed by atoms with Gasteiger partial charge in [-0.1, -0.05) is 61.9 Å². The van der Waals surface area contributed by atoms with Gasteiger partial charge in [0.05, 0.1) is 15.6 Å². The van der Waals surface area contributed by atoms with E-state index in [0.717, 1.165) is 21.2 Å². The number of carbonyl (C=O) groups is 1. The molecular weight excluding hydrogens is 542 g/mol. The number of ether oxygens (including phenoxy) is 1. The van der Waals surface area contributed by atoms with Crippen molar-refractivity contribution in [1.29, 1.82) is 0 Å². The van der Waals surface area contributed by atoms with E-state index in [2.05, 4.69) is 31.2 Å². The summed E-state index contributed by atoms with van der Waals surface area (Å²) in [7, 11) is -3.86. The third-order valence-corrected chi connectivity index (χ3v) is 7.34. The number of nitrogens with zero attached hydrogens (tertiary/aromatic N) is 1. The summed E-state index contributed by atoms with van der Waals surface area (Å²) in [5.74, 6) is 0.241. The molecule has 0 spiro atoms. The van der Waals surface area contributed by atoms with Crippen LogP contribution in [-0.2, 0) is 21.4 Å². The highest BCUT2D eigenvalue weighted by atomic mass is 79.9.